The van der Waals surface area contributed by atoms with Crippen molar-refractivity contribution >= 4 is 35.3 Å². The van der Waals surface area contributed by atoms with Crippen LogP contribution in [0.1, 0.15) is 44.9 Å². The Kier molecular flexibility index (Phi) is 10.3. The molecule has 0 saturated heterocycles. The van der Waals surface area contributed by atoms with E-state index in [9.17, 15) is 9.59 Å². The van der Waals surface area contributed by atoms with Gasteiger partial charge >= 0.3 is 5.97 Å². The van der Waals surface area contributed by atoms with Crippen molar-refractivity contribution in [2.75, 3.05) is 26.9 Å². The van der Waals surface area contributed by atoms with Crippen molar-refractivity contribution in [2.45, 2.75) is 33.7 Å². The number of carbonyl (C=O) groups is 2. The standard InChI is InChI=1S/C30H34N2O6S/c1-7-16-38-24-15-14-22(18-25(24)36-8-2)27-26(29(34)37-9-3)20(5)31-30(39)32(27)28(33)19(4)17-21-12-10-11-13-23(21)35-6/h7,10-15,17-18,27H,1,8-9,16H2,2-6H3,(H,31,39)/b19-17+. The van der Waals surface area contributed by atoms with E-state index in [1.54, 1.807) is 58.2 Å². The van der Waals surface area contributed by atoms with E-state index in [2.05, 4.69) is 11.9 Å². The maximum Gasteiger partial charge on any atom is 0.338 e. The topological polar surface area (TPSA) is 86.3 Å². The minimum atomic E-state index is -0.876. The van der Waals surface area contributed by atoms with E-state index in [4.69, 9.17) is 31.2 Å². The smallest absolute Gasteiger partial charge is 0.338 e. The number of carbonyl (C=O) groups excluding carboxylic acids is 2. The Labute approximate surface area is 234 Å². The molecule has 1 unspecified atom stereocenters. The largest absolute Gasteiger partial charge is 0.496 e. The lowest BCUT2D eigenvalue weighted by Gasteiger charge is -2.38. The molecule has 2 aromatic carbocycles. The van der Waals surface area contributed by atoms with E-state index in [0.717, 1.165) is 5.56 Å². The fourth-order valence-corrected chi connectivity index (χ4v) is 4.58. The number of ether oxygens (including phenoxy) is 4. The van der Waals surface area contributed by atoms with E-state index in [1.807, 2.05) is 31.2 Å². The van der Waals surface area contributed by atoms with Gasteiger partial charge in [-0.05, 0) is 69.8 Å². The first-order valence-electron chi connectivity index (χ1n) is 12.6. The number of amides is 1. The van der Waals surface area contributed by atoms with Gasteiger partial charge in [-0.2, -0.15) is 0 Å². The van der Waals surface area contributed by atoms with Crippen molar-refractivity contribution in [3.8, 4) is 17.2 Å². The van der Waals surface area contributed by atoms with Crippen molar-refractivity contribution in [1.82, 2.24) is 10.2 Å². The van der Waals surface area contributed by atoms with Crippen LogP contribution in [0.15, 0.2) is 72.0 Å². The summed E-state index contributed by atoms with van der Waals surface area (Å²) in [5.74, 6) is 0.670. The third kappa shape index (κ3) is 6.67. The number of thiocarbonyl (C=S) groups is 1. The van der Waals surface area contributed by atoms with Crippen molar-refractivity contribution in [1.29, 1.82) is 0 Å². The SMILES string of the molecule is C=CCOc1ccc(C2C(C(=O)OCC)=C(C)NC(=S)N2C(=O)/C(C)=C/c2ccccc2OC)cc1OCC. The van der Waals surface area contributed by atoms with Crippen LogP contribution in [0.25, 0.3) is 6.08 Å². The fraction of sp³-hybridized carbons (Fsp3) is 0.300. The summed E-state index contributed by atoms with van der Waals surface area (Å²) in [5, 5.41) is 3.18. The van der Waals surface area contributed by atoms with E-state index in [0.29, 0.717) is 47.3 Å². The maximum absolute atomic E-state index is 14.0. The van der Waals surface area contributed by atoms with Gasteiger partial charge in [-0.3, -0.25) is 9.69 Å². The number of rotatable bonds is 11. The molecule has 1 heterocycles. The van der Waals surface area contributed by atoms with Crippen LogP contribution in [0.2, 0.25) is 0 Å². The number of nitrogens with zero attached hydrogens (tertiary/aromatic N) is 1. The fourth-order valence-electron chi connectivity index (χ4n) is 4.24. The summed E-state index contributed by atoms with van der Waals surface area (Å²) in [6.45, 7) is 11.6. The Morgan fingerprint density at radius 2 is 1.82 bits per heavy atom. The first kappa shape index (κ1) is 29.4. The molecule has 0 bridgehead atoms. The van der Waals surface area contributed by atoms with Crippen molar-refractivity contribution in [3.05, 3.63) is 83.1 Å². The highest BCUT2D eigenvalue weighted by molar-refractivity contribution is 7.80. The first-order valence-corrected chi connectivity index (χ1v) is 13.0. The van der Waals surface area contributed by atoms with Crippen LogP contribution in [0, 0.1) is 0 Å². The molecule has 1 aliphatic heterocycles. The quantitative estimate of drug-likeness (QED) is 0.173. The predicted molar refractivity (Wildman–Crippen MR) is 155 cm³/mol. The van der Waals surface area contributed by atoms with Gasteiger partial charge in [0.05, 0.1) is 31.9 Å². The number of hydrogen-bond donors (Lipinski definition) is 1. The zero-order valence-electron chi connectivity index (χ0n) is 22.9. The number of allylic oxidation sites excluding steroid dienone is 1. The molecule has 8 nitrogen and oxygen atoms in total. The second-order valence-electron chi connectivity index (χ2n) is 8.58. The first-order chi connectivity index (χ1) is 18.8. The van der Waals surface area contributed by atoms with Gasteiger partial charge in [-0.15, -0.1) is 0 Å². The molecule has 0 saturated carbocycles. The molecular weight excluding hydrogens is 516 g/mol. The lowest BCUT2D eigenvalue weighted by Crippen LogP contribution is -2.51. The van der Waals surface area contributed by atoms with E-state index in [1.165, 1.54) is 4.90 Å². The highest BCUT2D eigenvalue weighted by Gasteiger charge is 2.40. The van der Waals surface area contributed by atoms with Gasteiger partial charge in [-0.1, -0.05) is 36.9 Å². The van der Waals surface area contributed by atoms with Crippen molar-refractivity contribution in [3.63, 3.8) is 0 Å². The van der Waals surface area contributed by atoms with Crippen LogP contribution in [-0.2, 0) is 14.3 Å². The summed E-state index contributed by atoms with van der Waals surface area (Å²) < 4.78 is 22.4. The number of esters is 1. The third-order valence-corrected chi connectivity index (χ3v) is 6.25. The lowest BCUT2D eigenvalue weighted by molar-refractivity contribution is -0.139. The van der Waals surface area contributed by atoms with Crippen LogP contribution < -0.4 is 19.5 Å². The zero-order chi connectivity index (χ0) is 28.5. The minimum absolute atomic E-state index is 0.160. The molecule has 1 aliphatic rings. The Morgan fingerprint density at radius 1 is 1.08 bits per heavy atom. The molecule has 1 atom stereocenters. The van der Waals surface area contributed by atoms with Gasteiger partial charge in [0.15, 0.2) is 16.6 Å². The number of methoxy groups -OCH3 is 1. The van der Waals surface area contributed by atoms with Crippen LogP contribution >= 0.6 is 12.2 Å². The second-order valence-corrected chi connectivity index (χ2v) is 8.96. The Hall–Kier alpha value is -4.11. The monoisotopic (exact) mass is 550 g/mol. The Morgan fingerprint density at radius 3 is 2.49 bits per heavy atom. The highest BCUT2D eigenvalue weighted by Crippen LogP contribution is 2.39. The summed E-state index contributed by atoms with van der Waals surface area (Å²) in [6, 6.07) is 11.8. The minimum Gasteiger partial charge on any atom is -0.496 e. The third-order valence-electron chi connectivity index (χ3n) is 5.95. The van der Waals surface area contributed by atoms with Crippen molar-refractivity contribution < 1.29 is 28.5 Å². The summed E-state index contributed by atoms with van der Waals surface area (Å²) in [6.07, 6.45) is 3.37. The molecule has 3 rings (SSSR count). The van der Waals surface area contributed by atoms with Gasteiger partial charge < -0.3 is 24.3 Å². The average molecular weight is 551 g/mol. The number of para-hydroxylation sites is 1. The van der Waals surface area contributed by atoms with Gasteiger partial charge in [0.25, 0.3) is 5.91 Å². The molecule has 0 fully saturated rings. The number of hydrogen-bond acceptors (Lipinski definition) is 7. The molecule has 0 spiro atoms. The van der Waals surface area contributed by atoms with E-state index < -0.39 is 12.0 Å². The molecule has 9 heteroatoms. The molecule has 1 N–H and O–H groups in total. The molecule has 2 aromatic rings. The molecule has 206 valence electrons. The summed E-state index contributed by atoms with van der Waals surface area (Å²) in [4.78, 5) is 28.6. The molecule has 0 radical (unpaired) electrons. The summed E-state index contributed by atoms with van der Waals surface area (Å²) in [7, 11) is 1.57. The number of nitrogens with one attached hydrogen (secondary N) is 1. The Bertz CT molecular complexity index is 1320. The van der Waals surface area contributed by atoms with Crippen LogP contribution in [0.4, 0.5) is 0 Å². The predicted octanol–water partition coefficient (Wildman–Crippen LogP) is 5.36. The highest BCUT2D eigenvalue weighted by atomic mass is 32.1. The summed E-state index contributed by atoms with van der Waals surface area (Å²) in [5.41, 5.74) is 2.51. The Balaban J connectivity index is 2.17. The number of benzene rings is 2. The van der Waals surface area contributed by atoms with E-state index >= 15 is 0 Å². The lowest BCUT2D eigenvalue weighted by atomic mass is 9.92. The van der Waals surface area contributed by atoms with Gasteiger partial charge in [0, 0.05) is 16.8 Å². The zero-order valence-corrected chi connectivity index (χ0v) is 23.7. The van der Waals surface area contributed by atoms with Gasteiger partial charge in [0.1, 0.15) is 12.4 Å². The molecule has 0 aliphatic carbocycles. The molecular formula is C30H34N2O6S. The van der Waals surface area contributed by atoms with Crippen LogP contribution in [-0.4, -0.2) is 48.8 Å². The maximum atomic E-state index is 14.0. The van der Waals surface area contributed by atoms with Crippen LogP contribution in [0.3, 0.4) is 0 Å². The second kappa shape index (κ2) is 13.6. The van der Waals surface area contributed by atoms with E-state index in [-0.39, 0.29) is 23.2 Å². The summed E-state index contributed by atoms with van der Waals surface area (Å²) >= 11 is 5.65. The molecule has 1 amide bonds. The van der Waals surface area contributed by atoms with Gasteiger partial charge in [0.2, 0.25) is 0 Å². The average Bonchev–Trinajstić information content (AvgIpc) is 2.92. The molecule has 39 heavy (non-hydrogen) atoms. The van der Waals surface area contributed by atoms with Gasteiger partial charge in [-0.25, -0.2) is 4.79 Å². The van der Waals surface area contributed by atoms with Crippen molar-refractivity contribution in [2.24, 2.45) is 0 Å². The van der Waals surface area contributed by atoms with Crippen LogP contribution in [0.5, 0.6) is 17.2 Å². The molecule has 0 aromatic heterocycles. The normalized spacial score (nSPS) is 15.4.